The summed E-state index contributed by atoms with van der Waals surface area (Å²) in [7, 11) is 0. The molecule has 1 aromatic rings. The first-order chi connectivity index (χ1) is 8.84. The van der Waals surface area contributed by atoms with E-state index in [-0.39, 0.29) is 17.5 Å². The van der Waals surface area contributed by atoms with Crippen LogP contribution in [-0.2, 0) is 15.7 Å². The van der Waals surface area contributed by atoms with Crippen molar-refractivity contribution in [2.45, 2.75) is 24.9 Å². The fourth-order valence-electron chi connectivity index (χ4n) is 2.86. The van der Waals surface area contributed by atoms with E-state index in [0.717, 1.165) is 6.07 Å². The molecule has 1 saturated carbocycles. The second-order valence-electron chi connectivity index (χ2n) is 5.03. The van der Waals surface area contributed by atoms with Crippen LogP contribution in [0.4, 0.5) is 13.2 Å². The number of rotatable bonds is 1. The summed E-state index contributed by atoms with van der Waals surface area (Å²) in [6.07, 6.45) is -3.44. The van der Waals surface area contributed by atoms with E-state index in [1.807, 2.05) is 0 Å². The van der Waals surface area contributed by atoms with E-state index in [0.29, 0.717) is 23.9 Å². The fourth-order valence-corrected chi connectivity index (χ4v) is 3.23. The third-order valence-corrected chi connectivity index (χ3v) is 4.45. The smallest absolute Gasteiger partial charge is 0.416 e. The van der Waals surface area contributed by atoms with E-state index < -0.39 is 17.2 Å². The van der Waals surface area contributed by atoms with Crippen LogP contribution in [-0.4, -0.2) is 12.6 Å². The maximum Gasteiger partial charge on any atom is 0.416 e. The predicted molar refractivity (Wildman–Crippen MR) is 64.5 cm³/mol. The zero-order valence-corrected chi connectivity index (χ0v) is 11.3. The number of halogens is 4. The van der Waals surface area contributed by atoms with Gasteiger partial charge in [0.2, 0.25) is 0 Å². The highest BCUT2D eigenvalue weighted by atomic mass is 79.9. The molecule has 0 bridgehead atoms. The molecule has 19 heavy (non-hydrogen) atoms. The zero-order valence-electron chi connectivity index (χ0n) is 9.76. The van der Waals surface area contributed by atoms with E-state index >= 15 is 0 Å². The molecule has 102 valence electrons. The number of cyclic esters (lactones) is 1. The van der Waals surface area contributed by atoms with Gasteiger partial charge in [-0.25, -0.2) is 0 Å². The van der Waals surface area contributed by atoms with Crippen molar-refractivity contribution < 1.29 is 22.7 Å². The number of hydrogen-bond donors (Lipinski definition) is 0. The predicted octanol–water partition coefficient (Wildman–Crippen LogP) is 3.89. The molecule has 1 spiro atoms. The lowest BCUT2D eigenvalue weighted by atomic mass is 9.94. The van der Waals surface area contributed by atoms with Crippen molar-refractivity contribution in [1.29, 1.82) is 0 Å². The number of carbonyl (C=O) groups excluding carboxylic acids is 1. The second kappa shape index (κ2) is 3.98. The Balaban J connectivity index is 2.01. The van der Waals surface area contributed by atoms with E-state index in [2.05, 4.69) is 15.9 Å². The van der Waals surface area contributed by atoms with Crippen LogP contribution in [0.25, 0.3) is 0 Å². The van der Waals surface area contributed by atoms with E-state index in [1.165, 1.54) is 6.07 Å². The fraction of sp³-hybridized carbons (Fsp3) is 0.462. The van der Waals surface area contributed by atoms with Crippen molar-refractivity contribution in [3.63, 3.8) is 0 Å². The van der Waals surface area contributed by atoms with Crippen LogP contribution < -0.4 is 0 Å². The van der Waals surface area contributed by atoms with E-state index in [9.17, 15) is 18.0 Å². The summed E-state index contributed by atoms with van der Waals surface area (Å²) in [4.78, 5) is 11.7. The molecule has 1 aromatic carbocycles. The molecule has 1 heterocycles. The van der Waals surface area contributed by atoms with Gasteiger partial charge in [0.15, 0.2) is 0 Å². The van der Waals surface area contributed by atoms with Gasteiger partial charge in [-0.05, 0) is 30.5 Å². The molecule has 2 aliphatic rings. The van der Waals surface area contributed by atoms with Crippen LogP contribution in [0, 0.1) is 5.41 Å². The number of alkyl halides is 3. The van der Waals surface area contributed by atoms with Gasteiger partial charge in [0.1, 0.15) is 0 Å². The molecular formula is C13H10BrF3O2. The summed E-state index contributed by atoms with van der Waals surface area (Å²) in [5.41, 5.74) is -1.16. The first kappa shape index (κ1) is 13.0. The molecule has 0 radical (unpaired) electrons. The Labute approximate surface area is 116 Å². The molecule has 1 saturated heterocycles. The van der Waals surface area contributed by atoms with Crippen LogP contribution in [0.15, 0.2) is 22.7 Å². The summed E-state index contributed by atoms with van der Waals surface area (Å²) in [5, 5.41) is 0. The van der Waals surface area contributed by atoms with Gasteiger partial charge in [-0.3, -0.25) is 4.79 Å². The first-order valence-corrected chi connectivity index (χ1v) is 6.68. The third-order valence-electron chi connectivity index (χ3n) is 3.96. The molecule has 0 N–H and O–H groups in total. The molecule has 3 rings (SSSR count). The molecule has 2 atom stereocenters. The highest BCUT2D eigenvalue weighted by Gasteiger charge is 2.65. The van der Waals surface area contributed by atoms with Crippen LogP contribution >= 0.6 is 15.9 Å². The molecule has 1 aliphatic heterocycles. The molecule has 2 fully saturated rings. The molecule has 2 nitrogen and oxygen atoms in total. The van der Waals surface area contributed by atoms with Crippen molar-refractivity contribution in [3.05, 3.63) is 33.8 Å². The normalized spacial score (nSPS) is 29.7. The van der Waals surface area contributed by atoms with Gasteiger partial charge in [0, 0.05) is 10.4 Å². The topological polar surface area (TPSA) is 26.3 Å². The Kier molecular flexibility index (Phi) is 2.71. The van der Waals surface area contributed by atoms with Crippen molar-refractivity contribution in [3.8, 4) is 0 Å². The van der Waals surface area contributed by atoms with Crippen LogP contribution in [0.5, 0.6) is 0 Å². The molecule has 0 amide bonds. The third kappa shape index (κ3) is 1.96. The van der Waals surface area contributed by atoms with Crippen molar-refractivity contribution in [2.75, 3.05) is 6.61 Å². The van der Waals surface area contributed by atoms with E-state index in [4.69, 9.17) is 4.74 Å². The molecule has 0 aromatic heterocycles. The summed E-state index contributed by atoms with van der Waals surface area (Å²) >= 11 is 3.05. The monoisotopic (exact) mass is 334 g/mol. The summed E-state index contributed by atoms with van der Waals surface area (Å²) < 4.78 is 44.4. The van der Waals surface area contributed by atoms with Gasteiger partial charge in [0.05, 0.1) is 17.6 Å². The number of benzene rings is 1. The summed E-state index contributed by atoms with van der Waals surface area (Å²) in [5.74, 6) is -0.722. The van der Waals surface area contributed by atoms with Crippen molar-refractivity contribution in [2.24, 2.45) is 5.41 Å². The molecular weight excluding hydrogens is 325 g/mol. The minimum Gasteiger partial charge on any atom is -0.465 e. The van der Waals surface area contributed by atoms with Gasteiger partial charge in [0.25, 0.3) is 0 Å². The minimum atomic E-state index is -4.41. The number of hydrogen-bond acceptors (Lipinski definition) is 2. The second-order valence-corrected chi connectivity index (χ2v) is 5.94. The first-order valence-electron chi connectivity index (χ1n) is 5.88. The Morgan fingerprint density at radius 3 is 2.68 bits per heavy atom. The Morgan fingerprint density at radius 2 is 2.11 bits per heavy atom. The van der Waals surface area contributed by atoms with Gasteiger partial charge in [-0.1, -0.05) is 22.0 Å². The van der Waals surface area contributed by atoms with Crippen molar-refractivity contribution in [1.82, 2.24) is 0 Å². The Hall–Kier alpha value is -1.04. The maximum atomic E-state index is 13.1. The van der Waals surface area contributed by atoms with Gasteiger partial charge < -0.3 is 4.74 Å². The van der Waals surface area contributed by atoms with E-state index in [1.54, 1.807) is 6.07 Å². The van der Waals surface area contributed by atoms with Crippen molar-refractivity contribution >= 4 is 21.9 Å². The number of carbonyl (C=O) groups is 1. The summed E-state index contributed by atoms with van der Waals surface area (Å²) in [6, 6.07) is 4.11. The maximum absolute atomic E-state index is 13.1. The number of esters is 1. The van der Waals surface area contributed by atoms with Gasteiger partial charge in [-0.2, -0.15) is 13.2 Å². The molecule has 6 heteroatoms. The van der Waals surface area contributed by atoms with Crippen LogP contribution in [0.2, 0.25) is 0 Å². The Bertz CT molecular complexity index is 555. The Morgan fingerprint density at radius 1 is 1.37 bits per heavy atom. The lowest BCUT2D eigenvalue weighted by Gasteiger charge is -2.14. The SMILES string of the molecule is O=C1OCCC12CC2c1ccc(Br)cc1C(F)(F)F. The van der Waals surface area contributed by atoms with Crippen LogP contribution in [0.3, 0.4) is 0 Å². The average molecular weight is 335 g/mol. The standard InChI is InChI=1S/C13H10BrF3O2/c14-7-1-2-8(9(5-7)13(15,16)17)10-6-12(10)3-4-19-11(12)18/h1-2,5,10H,3-4,6H2. The quantitative estimate of drug-likeness (QED) is 0.728. The lowest BCUT2D eigenvalue weighted by Crippen LogP contribution is -2.14. The highest BCUT2D eigenvalue weighted by molar-refractivity contribution is 9.10. The number of ether oxygens (including phenoxy) is 1. The largest absolute Gasteiger partial charge is 0.465 e. The average Bonchev–Trinajstić information content (AvgIpc) is 2.92. The van der Waals surface area contributed by atoms with Crippen LogP contribution in [0.1, 0.15) is 29.9 Å². The molecule has 1 aliphatic carbocycles. The zero-order chi connectivity index (χ0) is 13.8. The summed E-state index contributed by atoms with van der Waals surface area (Å²) in [6.45, 7) is 0.313. The lowest BCUT2D eigenvalue weighted by molar-refractivity contribution is -0.143. The highest BCUT2D eigenvalue weighted by Crippen LogP contribution is 2.65. The minimum absolute atomic E-state index is 0.203. The van der Waals surface area contributed by atoms with Gasteiger partial charge >= 0.3 is 12.1 Å². The molecule has 2 unspecified atom stereocenters. The van der Waals surface area contributed by atoms with Gasteiger partial charge in [-0.15, -0.1) is 0 Å².